The summed E-state index contributed by atoms with van der Waals surface area (Å²) in [7, 11) is 0. The molecule has 4 heterocycles. The average Bonchev–Trinajstić information content (AvgIpc) is 3.67. The Morgan fingerprint density at radius 1 is 0.833 bits per heavy atom. The van der Waals surface area contributed by atoms with Crippen molar-refractivity contribution in [3.8, 4) is 28.3 Å². The number of aromatic nitrogens is 4. The molecule has 0 aliphatic carbocycles. The maximum Gasteiger partial charge on any atom is 0.121 e. The fourth-order valence-corrected chi connectivity index (χ4v) is 5.84. The van der Waals surface area contributed by atoms with Crippen LogP contribution in [-0.4, -0.2) is 19.5 Å². The van der Waals surface area contributed by atoms with Gasteiger partial charge in [0.1, 0.15) is 5.58 Å². The molecule has 0 aliphatic rings. The van der Waals surface area contributed by atoms with Gasteiger partial charge < -0.3 is 14.0 Å². The number of hydrogen-bond donors (Lipinski definition) is 0. The van der Waals surface area contributed by atoms with Crippen LogP contribution >= 0.6 is 0 Å². The van der Waals surface area contributed by atoms with E-state index >= 15 is 0 Å². The Bertz CT molecular complexity index is 2320. The summed E-state index contributed by atoms with van der Waals surface area (Å²) in [5, 5.41) is 2.03. The van der Waals surface area contributed by atoms with Crippen molar-refractivity contribution in [2.24, 2.45) is 0 Å². The van der Waals surface area contributed by atoms with Crippen LogP contribution in [0.5, 0.6) is 0 Å². The standard InChI is InChI=1S/C31H28N3O.C11H8N.Ir/c1-19(2)20-14-15-22-23-12-9-13-24(29(23)35-27(22)16-20)30-33-28-25(31(3,4)5)17-32-18-26(28)34(30)21-10-7-6-8-11-21;1-2-6-10(7-3-1)11-8-4-5-9-12-11;/h6-12,14-19H,1-5H3;1-6,8-9H;/q2*-1;/i19D;;. The van der Waals surface area contributed by atoms with Crippen LogP contribution in [0, 0.1) is 12.1 Å². The molecular formula is C42H36IrN4O-2. The number of nitrogens with zero attached hydrogens (tertiary/aromatic N) is 4. The van der Waals surface area contributed by atoms with Gasteiger partial charge in [-0.15, -0.1) is 54.1 Å². The maximum atomic E-state index is 8.45. The van der Waals surface area contributed by atoms with E-state index in [-0.39, 0.29) is 25.5 Å². The van der Waals surface area contributed by atoms with Crippen LogP contribution in [0.1, 0.15) is 53.0 Å². The Labute approximate surface area is 296 Å². The number of imidazole rings is 1. The monoisotopic (exact) mass is 806 g/mol. The summed E-state index contributed by atoms with van der Waals surface area (Å²) in [5.41, 5.74) is 9.09. The fraction of sp³-hybridized carbons (Fsp3) is 0.167. The van der Waals surface area contributed by atoms with Crippen LogP contribution < -0.4 is 0 Å². The molecule has 0 atom stereocenters. The molecule has 0 unspecified atom stereocenters. The minimum atomic E-state index is -0.709. The average molecular weight is 806 g/mol. The SMILES string of the molecule is [2H]C(C)(C)c1ccc2c(c1)oc1c(-c3nc4c(C(C)(C)C)cncc4n3-c3ccccc3)[c-]ccc12.[Ir].[c-]1ccccc1-c1ccccn1. The van der Waals surface area contributed by atoms with Gasteiger partial charge >= 0.3 is 0 Å². The summed E-state index contributed by atoms with van der Waals surface area (Å²) in [6, 6.07) is 40.5. The molecule has 0 spiro atoms. The van der Waals surface area contributed by atoms with Gasteiger partial charge in [0.2, 0.25) is 0 Å². The van der Waals surface area contributed by atoms with Gasteiger partial charge in [-0.3, -0.25) is 9.97 Å². The van der Waals surface area contributed by atoms with Crippen molar-refractivity contribution in [2.75, 3.05) is 0 Å². The van der Waals surface area contributed by atoms with Crippen LogP contribution in [0.15, 0.2) is 126 Å². The first kappa shape index (κ1) is 31.7. The normalized spacial score (nSPS) is 12.0. The van der Waals surface area contributed by atoms with E-state index < -0.39 is 5.89 Å². The molecule has 8 rings (SSSR count). The molecule has 8 aromatic rings. The number of pyridine rings is 2. The quantitative estimate of drug-likeness (QED) is 0.166. The van der Waals surface area contributed by atoms with Crippen LogP contribution in [0.3, 0.4) is 0 Å². The Hall–Kier alpha value is -4.90. The summed E-state index contributed by atoms with van der Waals surface area (Å²) >= 11 is 0. The number of benzene rings is 4. The molecule has 48 heavy (non-hydrogen) atoms. The summed E-state index contributed by atoms with van der Waals surface area (Å²) < 4.78 is 17.1. The summed E-state index contributed by atoms with van der Waals surface area (Å²) in [6.45, 7) is 10.3. The van der Waals surface area contributed by atoms with E-state index in [1.165, 1.54) is 0 Å². The zero-order valence-electron chi connectivity index (χ0n) is 28.6. The molecule has 4 aromatic carbocycles. The smallest absolute Gasteiger partial charge is 0.121 e. The third-order valence-electron chi connectivity index (χ3n) is 8.28. The Balaban J connectivity index is 0.000000270. The first-order valence-corrected chi connectivity index (χ1v) is 15.8. The zero-order chi connectivity index (χ0) is 33.5. The molecule has 0 N–H and O–H groups in total. The minimum Gasteiger partial charge on any atom is -0.501 e. The number of fused-ring (bicyclic) bond motifs is 4. The number of hydrogen-bond acceptors (Lipinski definition) is 4. The number of para-hydroxylation sites is 1. The van der Waals surface area contributed by atoms with Gasteiger partial charge in [-0.2, -0.15) is 0 Å². The number of furan rings is 1. The molecule has 0 bridgehead atoms. The van der Waals surface area contributed by atoms with Gasteiger partial charge in [-0.1, -0.05) is 88.0 Å². The summed E-state index contributed by atoms with van der Waals surface area (Å²) in [6.07, 6.45) is 5.59. The molecule has 0 saturated heterocycles. The van der Waals surface area contributed by atoms with Crippen LogP contribution in [-0.2, 0) is 25.5 Å². The van der Waals surface area contributed by atoms with Crippen LogP contribution in [0.25, 0.3) is 61.3 Å². The molecule has 4 aromatic heterocycles. The predicted molar refractivity (Wildman–Crippen MR) is 192 cm³/mol. The topological polar surface area (TPSA) is 56.7 Å². The zero-order valence-corrected chi connectivity index (χ0v) is 30.0. The second kappa shape index (κ2) is 13.7. The van der Waals surface area contributed by atoms with Crippen molar-refractivity contribution in [1.29, 1.82) is 0 Å². The molecule has 0 saturated carbocycles. The van der Waals surface area contributed by atoms with Gasteiger partial charge in [0.05, 0.1) is 28.6 Å². The van der Waals surface area contributed by atoms with Gasteiger partial charge in [-0.05, 0) is 46.8 Å². The molecule has 241 valence electrons. The Morgan fingerprint density at radius 3 is 2.33 bits per heavy atom. The largest absolute Gasteiger partial charge is 0.501 e. The predicted octanol–water partition coefficient (Wildman–Crippen LogP) is 10.8. The first-order chi connectivity index (χ1) is 23.1. The van der Waals surface area contributed by atoms with Crippen LogP contribution in [0.4, 0.5) is 0 Å². The van der Waals surface area contributed by atoms with Crippen LogP contribution in [0.2, 0.25) is 0 Å². The van der Waals surface area contributed by atoms with E-state index in [9.17, 15) is 0 Å². The Kier molecular flexibility index (Phi) is 9.03. The van der Waals surface area contributed by atoms with E-state index in [0.29, 0.717) is 0 Å². The molecule has 0 fully saturated rings. The third kappa shape index (κ3) is 6.34. The minimum absolute atomic E-state index is 0. The van der Waals surface area contributed by atoms with Crippen molar-refractivity contribution in [3.05, 3.63) is 145 Å². The molecular weight excluding hydrogens is 769 g/mol. The van der Waals surface area contributed by atoms with E-state index in [0.717, 1.165) is 72.4 Å². The van der Waals surface area contributed by atoms with Crippen molar-refractivity contribution >= 4 is 33.0 Å². The fourth-order valence-electron chi connectivity index (χ4n) is 5.84. The maximum absolute atomic E-state index is 8.45. The number of rotatable bonds is 4. The van der Waals surface area contributed by atoms with Gasteiger partial charge in [0.25, 0.3) is 0 Å². The van der Waals surface area contributed by atoms with E-state index in [2.05, 4.69) is 65.6 Å². The Morgan fingerprint density at radius 2 is 1.62 bits per heavy atom. The molecule has 1 radical (unpaired) electrons. The first-order valence-electron chi connectivity index (χ1n) is 16.3. The molecule has 6 heteroatoms. The molecule has 0 amide bonds. The van der Waals surface area contributed by atoms with Gasteiger partial charge in [0, 0.05) is 50.5 Å². The van der Waals surface area contributed by atoms with Gasteiger partial charge in [-0.25, -0.2) is 0 Å². The van der Waals surface area contributed by atoms with Crippen molar-refractivity contribution in [2.45, 2.75) is 45.9 Å². The van der Waals surface area contributed by atoms with Crippen molar-refractivity contribution < 1.29 is 25.9 Å². The third-order valence-corrected chi connectivity index (χ3v) is 8.28. The van der Waals surface area contributed by atoms with Crippen molar-refractivity contribution in [3.63, 3.8) is 0 Å². The van der Waals surface area contributed by atoms with E-state index in [1.54, 1.807) is 6.20 Å². The second-order valence-corrected chi connectivity index (χ2v) is 12.8. The van der Waals surface area contributed by atoms with Gasteiger partial charge in [0.15, 0.2) is 0 Å². The molecule has 0 aliphatic heterocycles. The summed E-state index contributed by atoms with van der Waals surface area (Å²) in [4.78, 5) is 14.0. The second-order valence-electron chi connectivity index (χ2n) is 12.8. The van der Waals surface area contributed by atoms with Crippen molar-refractivity contribution in [1.82, 2.24) is 19.5 Å². The van der Waals surface area contributed by atoms with E-state index in [1.807, 2.05) is 111 Å². The summed E-state index contributed by atoms with van der Waals surface area (Å²) in [5.74, 6) is 0.0557. The molecule has 5 nitrogen and oxygen atoms in total. The van der Waals surface area contributed by atoms with E-state index in [4.69, 9.17) is 10.8 Å².